The molecule has 0 fully saturated rings. The van der Waals surface area contributed by atoms with Crippen molar-refractivity contribution >= 4 is 28.7 Å². The first-order valence-corrected chi connectivity index (χ1v) is 10.4. The molecule has 0 aliphatic heterocycles. The molecule has 2 aromatic carbocycles. The van der Waals surface area contributed by atoms with E-state index >= 15 is 0 Å². The number of hydrogen-bond acceptors (Lipinski definition) is 5. The van der Waals surface area contributed by atoms with Crippen molar-refractivity contribution in [3.8, 4) is 11.4 Å². The van der Waals surface area contributed by atoms with Crippen LogP contribution in [0.1, 0.15) is 23.0 Å². The molecule has 2 aromatic heterocycles. The highest BCUT2D eigenvalue weighted by molar-refractivity contribution is 6.00. The summed E-state index contributed by atoms with van der Waals surface area (Å²) in [7, 11) is 0. The number of nitrogens with zero attached hydrogens (tertiary/aromatic N) is 2. The van der Waals surface area contributed by atoms with E-state index in [0.29, 0.717) is 48.0 Å². The molecule has 8 nitrogen and oxygen atoms in total. The fourth-order valence-corrected chi connectivity index (χ4v) is 3.28. The first-order valence-electron chi connectivity index (χ1n) is 10.4. The number of carbonyl (C=O) groups is 2. The minimum atomic E-state index is -0.225. The van der Waals surface area contributed by atoms with E-state index in [1.807, 2.05) is 60.7 Å². The summed E-state index contributed by atoms with van der Waals surface area (Å²) in [6.45, 7) is 2.84. The van der Waals surface area contributed by atoms with Crippen molar-refractivity contribution < 1.29 is 9.59 Å². The summed E-state index contributed by atoms with van der Waals surface area (Å²) in [6, 6.07) is 21.1. The first kappa shape index (κ1) is 21.0. The van der Waals surface area contributed by atoms with Gasteiger partial charge in [0.25, 0.3) is 5.91 Å². The van der Waals surface area contributed by atoms with Crippen LogP contribution in [0.15, 0.2) is 66.7 Å². The molecule has 4 aromatic rings. The van der Waals surface area contributed by atoms with Crippen molar-refractivity contribution in [3.63, 3.8) is 0 Å². The molecule has 0 bridgehead atoms. The zero-order chi connectivity index (χ0) is 22.3. The van der Waals surface area contributed by atoms with Crippen LogP contribution in [0.4, 0.5) is 5.82 Å². The van der Waals surface area contributed by atoms with E-state index in [1.54, 1.807) is 6.07 Å². The molecule has 2 amide bonds. The number of hydrogen-bond donors (Lipinski definition) is 4. The number of H-pyrrole nitrogens is 1. The van der Waals surface area contributed by atoms with Crippen molar-refractivity contribution in [2.45, 2.75) is 13.5 Å². The molecule has 0 radical (unpaired) electrons. The third kappa shape index (κ3) is 5.10. The van der Waals surface area contributed by atoms with Crippen LogP contribution in [-0.2, 0) is 11.3 Å². The molecule has 0 aliphatic carbocycles. The van der Waals surface area contributed by atoms with E-state index in [-0.39, 0.29) is 11.8 Å². The summed E-state index contributed by atoms with van der Waals surface area (Å²) in [5.41, 5.74) is 2.85. The normalized spacial score (nSPS) is 10.7. The SMILES string of the molecule is CC(=O)NCCNc1nc(-c2ccccc2)nc2[nH]c(C(=O)NCc3ccccc3)cc12. The molecule has 0 aliphatic rings. The molecule has 0 spiro atoms. The Morgan fingerprint density at radius 3 is 2.34 bits per heavy atom. The lowest BCUT2D eigenvalue weighted by atomic mass is 10.2. The van der Waals surface area contributed by atoms with Gasteiger partial charge in [-0.05, 0) is 11.6 Å². The monoisotopic (exact) mass is 428 g/mol. The number of aromatic amines is 1. The molecule has 0 saturated carbocycles. The maximum atomic E-state index is 12.7. The molecule has 162 valence electrons. The van der Waals surface area contributed by atoms with Crippen LogP contribution < -0.4 is 16.0 Å². The van der Waals surface area contributed by atoms with E-state index < -0.39 is 0 Å². The molecule has 0 atom stereocenters. The second-order valence-corrected chi connectivity index (χ2v) is 7.29. The number of rotatable bonds is 8. The van der Waals surface area contributed by atoms with Crippen molar-refractivity contribution in [3.05, 3.63) is 78.0 Å². The number of benzene rings is 2. The Kier molecular flexibility index (Phi) is 6.41. The molecule has 4 N–H and O–H groups in total. The lowest BCUT2D eigenvalue weighted by Crippen LogP contribution is -2.26. The molecule has 0 saturated heterocycles. The van der Waals surface area contributed by atoms with E-state index in [9.17, 15) is 9.59 Å². The Balaban J connectivity index is 1.60. The standard InChI is InChI=1S/C24H24N6O2/c1-16(31)25-12-13-26-22-19-14-20(24(32)27-15-17-8-4-2-5-9-17)28-23(19)30-21(29-22)18-10-6-3-7-11-18/h2-11,14H,12-13,15H2,1H3,(H,25,31)(H,27,32)(H2,26,28,29,30). The lowest BCUT2D eigenvalue weighted by molar-refractivity contribution is -0.118. The Labute approximate surface area is 185 Å². The first-order chi connectivity index (χ1) is 15.6. The van der Waals surface area contributed by atoms with Crippen molar-refractivity contribution in [2.24, 2.45) is 0 Å². The van der Waals surface area contributed by atoms with E-state index in [0.717, 1.165) is 11.1 Å². The topological polar surface area (TPSA) is 112 Å². The quantitative estimate of drug-likeness (QED) is 0.322. The number of aromatic nitrogens is 3. The fraction of sp³-hybridized carbons (Fsp3) is 0.167. The van der Waals surface area contributed by atoms with Crippen molar-refractivity contribution in [1.82, 2.24) is 25.6 Å². The van der Waals surface area contributed by atoms with Gasteiger partial charge in [-0.25, -0.2) is 9.97 Å². The van der Waals surface area contributed by atoms with Crippen LogP contribution in [-0.4, -0.2) is 39.9 Å². The zero-order valence-electron chi connectivity index (χ0n) is 17.7. The summed E-state index contributed by atoms with van der Waals surface area (Å²) in [4.78, 5) is 36.3. The molecule has 2 heterocycles. The third-order valence-electron chi connectivity index (χ3n) is 4.85. The van der Waals surface area contributed by atoms with Gasteiger partial charge < -0.3 is 20.9 Å². The Morgan fingerprint density at radius 1 is 0.906 bits per heavy atom. The van der Waals surface area contributed by atoms with Gasteiger partial charge in [-0.3, -0.25) is 9.59 Å². The van der Waals surface area contributed by atoms with Crippen molar-refractivity contribution in [1.29, 1.82) is 0 Å². The number of nitrogens with one attached hydrogen (secondary N) is 4. The van der Waals surface area contributed by atoms with Crippen LogP contribution in [0.25, 0.3) is 22.4 Å². The van der Waals surface area contributed by atoms with Gasteiger partial charge in [-0.1, -0.05) is 60.7 Å². The lowest BCUT2D eigenvalue weighted by Gasteiger charge is -2.09. The smallest absolute Gasteiger partial charge is 0.268 e. The summed E-state index contributed by atoms with van der Waals surface area (Å²) >= 11 is 0. The van der Waals surface area contributed by atoms with Gasteiger partial charge in [-0.15, -0.1) is 0 Å². The van der Waals surface area contributed by atoms with Crippen LogP contribution in [0.5, 0.6) is 0 Å². The van der Waals surface area contributed by atoms with Crippen molar-refractivity contribution in [2.75, 3.05) is 18.4 Å². The average molecular weight is 428 g/mol. The number of fused-ring (bicyclic) bond motifs is 1. The number of anilines is 1. The largest absolute Gasteiger partial charge is 0.368 e. The highest BCUT2D eigenvalue weighted by atomic mass is 16.2. The second kappa shape index (κ2) is 9.74. The van der Waals surface area contributed by atoms with E-state index in [1.165, 1.54) is 6.92 Å². The maximum Gasteiger partial charge on any atom is 0.268 e. The van der Waals surface area contributed by atoms with Crippen LogP contribution in [0.3, 0.4) is 0 Å². The van der Waals surface area contributed by atoms with Gasteiger partial charge in [0.2, 0.25) is 5.91 Å². The number of amides is 2. The van der Waals surface area contributed by atoms with Gasteiger partial charge >= 0.3 is 0 Å². The summed E-state index contributed by atoms with van der Waals surface area (Å²) in [6.07, 6.45) is 0. The van der Waals surface area contributed by atoms with Gasteiger partial charge in [0.05, 0.1) is 5.39 Å². The Bertz CT molecular complexity index is 1220. The molecule has 32 heavy (non-hydrogen) atoms. The minimum absolute atomic E-state index is 0.0939. The second-order valence-electron chi connectivity index (χ2n) is 7.29. The fourth-order valence-electron chi connectivity index (χ4n) is 3.28. The third-order valence-corrected chi connectivity index (χ3v) is 4.85. The van der Waals surface area contributed by atoms with Crippen LogP contribution in [0, 0.1) is 0 Å². The summed E-state index contributed by atoms with van der Waals surface area (Å²) in [5, 5.41) is 9.62. The maximum absolute atomic E-state index is 12.7. The van der Waals surface area contributed by atoms with E-state index in [4.69, 9.17) is 0 Å². The van der Waals surface area contributed by atoms with Crippen LogP contribution >= 0.6 is 0 Å². The predicted octanol–water partition coefficient (Wildman–Crippen LogP) is 3.10. The summed E-state index contributed by atoms with van der Waals surface area (Å²) < 4.78 is 0. The van der Waals surface area contributed by atoms with Gasteiger partial charge in [0.15, 0.2) is 5.82 Å². The van der Waals surface area contributed by atoms with Gasteiger partial charge in [0.1, 0.15) is 17.2 Å². The zero-order valence-corrected chi connectivity index (χ0v) is 17.7. The Hall–Kier alpha value is -4.20. The molecule has 0 unspecified atom stereocenters. The van der Waals surface area contributed by atoms with E-state index in [2.05, 4.69) is 30.9 Å². The predicted molar refractivity (Wildman–Crippen MR) is 124 cm³/mol. The number of carbonyl (C=O) groups excluding carboxylic acids is 2. The highest BCUT2D eigenvalue weighted by Crippen LogP contribution is 2.25. The van der Waals surface area contributed by atoms with Crippen LogP contribution in [0.2, 0.25) is 0 Å². The molecule has 4 rings (SSSR count). The van der Waals surface area contributed by atoms with Gasteiger partial charge in [-0.2, -0.15) is 0 Å². The summed E-state index contributed by atoms with van der Waals surface area (Å²) in [5.74, 6) is 0.816. The highest BCUT2D eigenvalue weighted by Gasteiger charge is 2.16. The molecule has 8 heteroatoms. The molecular formula is C24H24N6O2. The minimum Gasteiger partial charge on any atom is -0.368 e. The Morgan fingerprint density at radius 2 is 1.62 bits per heavy atom. The van der Waals surface area contributed by atoms with Gasteiger partial charge in [0, 0.05) is 32.1 Å². The average Bonchev–Trinajstić information content (AvgIpc) is 3.26. The molecular weight excluding hydrogens is 404 g/mol.